The van der Waals surface area contributed by atoms with E-state index in [2.05, 4.69) is 0 Å². The van der Waals surface area contributed by atoms with Crippen molar-refractivity contribution in [3.8, 4) is 0 Å². The van der Waals surface area contributed by atoms with Gasteiger partial charge in [0.05, 0.1) is 7.11 Å². The molecule has 3 nitrogen and oxygen atoms in total. The van der Waals surface area contributed by atoms with E-state index in [0.717, 1.165) is 12.0 Å². The molecule has 0 spiro atoms. The molecule has 0 heterocycles. The van der Waals surface area contributed by atoms with Gasteiger partial charge < -0.3 is 10.5 Å². The first-order valence-corrected chi connectivity index (χ1v) is 6.67. The van der Waals surface area contributed by atoms with Crippen LogP contribution in [0.3, 0.4) is 0 Å². The molecule has 1 fully saturated rings. The van der Waals surface area contributed by atoms with Crippen LogP contribution in [-0.4, -0.2) is 19.6 Å². The van der Waals surface area contributed by atoms with Gasteiger partial charge in [-0.05, 0) is 36.5 Å². The minimum atomic E-state index is -0.842. The number of ether oxygens (including phenoxy) is 1. The van der Waals surface area contributed by atoms with Gasteiger partial charge >= 0.3 is 5.97 Å². The fraction of sp³-hybridized carbons (Fsp3) is 0.533. The predicted octanol–water partition coefficient (Wildman–Crippen LogP) is 2.39. The summed E-state index contributed by atoms with van der Waals surface area (Å²) in [6, 6.07) is 5.98. The van der Waals surface area contributed by atoms with E-state index in [1.807, 2.05) is 0 Å². The Morgan fingerprint density at radius 3 is 2.53 bits per heavy atom. The van der Waals surface area contributed by atoms with E-state index < -0.39 is 5.41 Å². The summed E-state index contributed by atoms with van der Waals surface area (Å²) in [5, 5.41) is 0. The number of esters is 1. The summed E-state index contributed by atoms with van der Waals surface area (Å²) in [6.07, 6.45) is 4.08. The highest BCUT2D eigenvalue weighted by Gasteiger charge is 2.41. The minimum absolute atomic E-state index is 0.179. The van der Waals surface area contributed by atoms with Crippen LogP contribution in [0.4, 0.5) is 4.39 Å². The maximum absolute atomic E-state index is 13.0. The second-order valence-corrected chi connectivity index (χ2v) is 5.27. The number of halogens is 1. The van der Waals surface area contributed by atoms with Crippen LogP contribution >= 0.6 is 0 Å². The van der Waals surface area contributed by atoms with Crippen LogP contribution in [0.1, 0.15) is 31.2 Å². The number of rotatable bonds is 6. The molecule has 104 valence electrons. The zero-order chi connectivity index (χ0) is 13.9. The van der Waals surface area contributed by atoms with Crippen molar-refractivity contribution in [1.29, 1.82) is 0 Å². The number of carbonyl (C=O) groups is 1. The molecular weight excluding hydrogens is 245 g/mol. The van der Waals surface area contributed by atoms with Crippen molar-refractivity contribution in [3.63, 3.8) is 0 Å². The first-order chi connectivity index (χ1) is 9.12. The molecule has 0 radical (unpaired) electrons. The van der Waals surface area contributed by atoms with Crippen molar-refractivity contribution in [2.45, 2.75) is 31.1 Å². The Labute approximate surface area is 112 Å². The van der Waals surface area contributed by atoms with Gasteiger partial charge in [-0.25, -0.2) is 4.39 Å². The van der Waals surface area contributed by atoms with E-state index in [0.29, 0.717) is 12.3 Å². The largest absolute Gasteiger partial charge is 0.468 e. The highest BCUT2D eigenvalue weighted by Crippen LogP contribution is 2.39. The molecule has 19 heavy (non-hydrogen) atoms. The Morgan fingerprint density at radius 2 is 2.05 bits per heavy atom. The summed E-state index contributed by atoms with van der Waals surface area (Å²) in [6.45, 7) is 0.179. The highest BCUT2D eigenvalue weighted by molar-refractivity contribution is 5.83. The number of nitrogens with two attached hydrogens (primary N) is 1. The summed E-state index contributed by atoms with van der Waals surface area (Å²) in [7, 11) is 1.37. The highest BCUT2D eigenvalue weighted by atomic mass is 19.1. The Bertz CT molecular complexity index is 442. The molecular formula is C15H20FNO2. The zero-order valence-electron chi connectivity index (χ0n) is 11.2. The van der Waals surface area contributed by atoms with Gasteiger partial charge in [0, 0.05) is 6.54 Å². The lowest BCUT2D eigenvalue weighted by Gasteiger charge is -2.30. The summed E-state index contributed by atoms with van der Waals surface area (Å²) >= 11 is 0. The standard InChI is InChI=1S/C15H20FNO2/c1-19-14(18)15(10-17,9-8-11-2-3-11)12-4-6-13(16)7-5-12/h4-7,11H,2-3,8-10,17H2,1H3. The molecule has 0 amide bonds. The van der Waals surface area contributed by atoms with E-state index in [1.165, 1.54) is 32.1 Å². The van der Waals surface area contributed by atoms with Gasteiger partial charge in [-0.3, -0.25) is 4.79 Å². The molecule has 4 heteroatoms. The molecule has 1 aliphatic carbocycles. The van der Waals surface area contributed by atoms with Crippen LogP contribution in [0.15, 0.2) is 24.3 Å². The number of hydrogen-bond acceptors (Lipinski definition) is 3. The van der Waals surface area contributed by atoms with Crippen LogP contribution in [0, 0.1) is 11.7 Å². The molecule has 1 atom stereocenters. The third-order valence-corrected chi connectivity index (χ3v) is 4.00. The first kappa shape index (κ1) is 14.0. The van der Waals surface area contributed by atoms with Crippen molar-refractivity contribution in [2.24, 2.45) is 11.7 Å². The molecule has 1 aromatic rings. The fourth-order valence-corrected chi connectivity index (χ4v) is 2.49. The van der Waals surface area contributed by atoms with Crippen LogP contribution in [0.5, 0.6) is 0 Å². The number of benzene rings is 1. The third-order valence-electron chi connectivity index (χ3n) is 4.00. The Morgan fingerprint density at radius 1 is 1.42 bits per heavy atom. The summed E-state index contributed by atoms with van der Waals surface area (Å²) in [5.74, 6) is 0.0556. The van der Waals surface area contributed by atoms with E-state index >= 15 is 0 Å². The lowest BCUT2D eigenvalue weighted by Crippen LogP contribution is -2.44. The average molecular weight is 265 g/mol. The van der Waals surface area contributed by atoms with Crippen molar-refractivity contribution >= 4 is 5.97 Å². The van der Waals surface area contributed by atoms with Crippen molar-refractivity contribution in [2.75, 3.05) is 13.7 Å². The van der Waals surface area contributed by atoms with Gasteiger partial charge in [-0.1, -0.05) is 25.0 Å². The second kappa shape index (κ2) is 5.70. The van der Waals surface area contributed by atoms with E-state index in [1.54, 1.807) is 12.1 Å². The number of hydrogen-bond donors (Lipinski definition) is 1. The quantitative estimate of drug-likeness (QED) is 0.803. The van der Waals surface area contributed by atoms with Crippen molar-refractivity contribution < 1.29 is 13.9 Å². The molecule has 1 saturated carbocycles. The van der Waals surface area contributed by atoms with Gasteiger partial charge in [0.2, 0.25) is 0 Å². The lowest BCUT2D eigenvalue weighted by atomic mass is 9.76. The molecule has 0 aliphatic heterocycles. The maximum atomic E-state index is 13.0. The van der Waals surface area contributed by atoms with Crippen LogP contribution in [0.2, 0.25) is 0 Å². The third kappa shape index (κ3) is 2.95. The SMILES string of the molecule is COC(=O)C(CN)(CCC1CC1)c1ccc(F)cc1. The fourth-order valence-electron chi connectivity index (χ4n) is 2.49. The van der Waals surface area contributed by atoms with Gasteiger partial charge in [0.1, 0.15) is 11.2 Å². The van der Waals surface area contributed by atoms with Crippen LogP contribution in [-0.2, 0) is 14.9 Å². The predicted molar refractivity (Wildman–Crippen MR) is 71.1 cm³/mol. The Hall–Kier alpha value is -1.42. The van der Waals surface area contributed by atoms with Gasteiger partial charge in [0.15, 0.2) is 0 Å². The number of carbonyl (C=O) groups excluding carboxylic acids is 1. The second-order valence-electron chi connectivity index (χ2n) is 5.27. The van der Waals surface area contributed by atoms with Crippen LogP contribution < -0.4 is 5.73 Å². The molecule has 1 aliphatic rings. The van der Waals surface area contributed by atoms with Gasteiger partial charge in [0.25, 0.3) is 0 Å². The van der Waals surface area contributed by atoms with E-state index in [-0.39, 0.29) is 18.3 Å². The van der Waals surface area contributed by atoms with E-state index in [9.17, 15) is 9.18 Å². The number of methoxy groups -OCH3 is 1. The topological polar surface area (TPSA) is 52.3 Å². The Balaban J connectivity index is 2.29. The summed E-state index contributed by atoms with van der Waals surface area (Å²) in [4.78, 5) is 12.2. The van der Waals surface area contributed by atoms with E-state index in [4.69, 9.17) is 10.5 Å². The molecule has 2 N–H and O–H groups in total. The minimum Gasteiger partial charge on any atom is -0.468 e. The van der Waals surface area contributed by atoms with Gasteiger partial charge in [-0.2, -0.15) is 0 Å². The molecule has 1 unspecified atom stereocenters. The van der Waals surface area contributed by atoms with Crippen molar-refractivity contribution in [1.82, 2.24) is 0 Å². The first-order valence-electron chi connectivity index (χ1n) is 6.67. The lowest BCUT2D eigenvalue weighted by molar-refractivity contribution is -0.147. The molecule has 2 rings (SSSR count). The maximum Gasteiger partial charge on any atom is 0.317 e. The van der Waals surface area contributed by atoms with Crippen molar-refractivity contribution in [3.05, 3.63) is 35.6 Å². The monoisotopic (exact) mass is 265 g/mol. The molecule has 0 aromatic heterocycles. The average Bonchev–Trinajstić information content (AvgIpc) is 3.25. The normalized spacial score (nSPS) is 17.8. The molecule has 0 saturated heterocycles. The smallest absolute Gasteiger partial charge is 0.317 e. The summed E-state index contributed by atoms with van der Waals surface area (Å²) in [5.41, 5.74) is 5.76. The summed E-state index contributed by atoms with van der Waals surface area (Å²) < 4.78 is 18.0. The van der Waals surface area contributed by atoms with Crippen LogP contribution in [0.25, 0.3) is 0 Å². The molecule has 1 aromatic carbocycles. The Kier molecular flexibility index (Phi) is 4.20. The van der Waals surface area contributed by atoms with Gasteiger partial charge in [-0.15, -0.1) is 0 Å². The molecule has 0 bridgehead atoms. The zero-order valence-corrected chi connectivity index (χ0v) is 11.2.